The molecule has 0 saturated carbocycles. The Balaban J connectivity index is 1.99. The number of carbonyl (C=O) groups is 1. The van der Waals surface area contributed by atoms with Crippen LogP contribution in [-0.2, 0) is 20.6 Å². The van der Waals surface area contributed by atoms with E-state index >= 15 is 0 Å². The number of rotatable bonds is 3. The first-order chi connectivity index (χ1) is 8.06. The minimum Gasteiger partial charge on any atom is -0.346 e. The van der Waals surface area contributed by atoms with Crippen LogP contribution in [0.15, 0.2) is 18.5 Å². The zero-order chi connectivity index (χ0) is 12.4. The molecule has 0 saturated heterocycles. The first-order valence-electron chi connectivity index (χ1n) is 5.33. The molecule has 2 aromatic heterocycles. The average molecular weight is 233 g/mol. The van der Waals surface area contributed by atoms with Crippen molar-refractivity contribution in [3.05, 3.63) is 35.4 Å². The molecule has 90 valence electrons. The quantitative estimate of drug-likeness (QED) is 0.834. The highest BCUT2D eigenvalue weighted by Gasteiger charge is 2.09. The highest BCUT2D eigenvalue weighted by molar-refractivity contribution is 5.92. The van der Waals surface area contributed by atoms with Gasteiger partial charge in [0.15, 0.2) is 0 Å². The molecule has 1 amide bonds. The Morgan fingerprint density at radius 2 is 2.12 bits per heavy atom. The first kappa shape index (κ1) is 11.4. The summed E-state index contributed by atoms with van der Waals surface area (Å²) in [6.07, 6.45) is 3.64. The summed E-state index contributed by atoms with van der Waals surface area (Å²) in [4.78, 5) is 11.7. The Hall–Kier alpha value is -2.11. The molecule has 0 atom stereocenters. The third-order valence-electron chi connectivity index (χ3n) is 2.50. The molecule has 6 heteroatoms. The Kier molecular flexibility index (Phi) is 2.95. The zero-order valence-electron chi connectivity index (χ0n) is 10.1. The molecule has 2 heterocycles. The Morgan fingerprint density at radius 3 is 2.65 bits per heavy atom. The Labute approximate surface area is 99.2 Å². The standard InChI is InChI=1S/C11H15N5O/c1-8-9(7-16(3)13-8)6-12-11(17)10-4-5-15(2)14-10/h4-5,7H,6H2,1-3H3,(H,12,17). The van der Waals surface area contributed by atoms with Crippen molar-refractivity contribution < 1.29 is 4.79 Å². The molecular formula is C11H15N5O. The third kappa shape index (κ3) is 2.52. The topological polar surface area (TPSA) is 64.7 Å². The van der Waals surface area contributed by atoms with Gasteiger partial charge in [0.05, 0.1) is 5.69 Å². The van der Waals surface area contributed by atoms with Gasteiger partial charge in [-0.2, -0.15) is 10.2 Å². The average Bonchev–Trinajstić information content (AvgIpc) is 2.82. The summed E-state index contributed by atoms with van der Waals surface area (Å²) >= 11 is 0. The molecule has 0 aliphatic heterocycles. The molecule has 0 unspecified atom stereocenters. The zero-order valence-corrected chi connectivity index (χ0v) is 10.1. The maximum atomic E-state index is 11.7. The molecule has 0 aromatic carbocycles. The van der Waals surface area contributed by atoms with Crippen LogP contribution in [0.5, 0.6) is 0 Å². The van der Waals surface area contributed by atoms with E-state index in [0.717, 1.165) is 11.3 Å². The van der Waals surface area contributed by atoms with E-state index in [1.54, 1.807) is 28.7 Å². The molecule has 17 heavy (non-hydrogen) atoms. The van der Waals surface area contributed by atoms with Crippen LogP contribution in [0.3, 0.4) is 0 Å². The second-order valence-electron chi connectivity index (χ2n) is 3.97. The van der Waals surface area contributed by atoms with Crippen LogP contribution >= 0.6 is 0 Å². The number of aryl methyl sites for hydroxylation is 3. The number of aromatic nitrogens is 4. The summed E-state index contributed by atoms with van der Waals surface area (Å²) in [5.41, 5.74) is 2.36. The van der Waals surface area contributed by atoms with Crippen LogP contribution in [0.4, 0.5) is 0 Å². The lowest BCUT2D eigenvalue weighted by Crippen LogP contribution is -2.23. The summed E-state index contributed by atoms with van der Waals surface area (Å²) < 4.78 is 3.34. The van der Waals surface area contributed by atoms with Crippen molar-refractivity contribution >= 4 is 5.91 Å². The van der Waals surface area contributed by atoms with Crippen molar-refractivity contribution in [2.45, 2.75) is 13.5 Å². The minimum atomic E-state index is -0.172. The fraction of sp³-hybridized carbons (Fsp3) is 0.364. The number of hydrogen-bond acceptors (Lipinski definition) is 3. The highest BCUT2D eigenvalue weighted by Crippen LogP contribution is 2.04. The SMILES string of the molecule is Cc1nn(C)cc1CNC(=O)c1ccn(C)n1. The molecule has 0 radical (unpaired) electrons. The molecule has 0 bridgehead atoms. The number of nitrogens with zero attached hydrogens (tertiary/aromatic N) is 4. The maximum Gasteiger partial charge on any atom is 0.272 e. The third-order valence-corrected chi connectivity index (χ3v) is 2.50. The summed E-state index contributed by atoms with van der Waals surface area (Å²) in [6, 6.07) is 1.69. The molecular weight excluding hydrogens is 218 g/mol. The van der Waals surface area contributed by atoms with Crippen molar-refractivity contribution in [2.24, 2.45) is 14.1 Å². The molecule has 0 fully saturated rings. The fourth-order valence-electron chi connectivity index (χ4n) is 1.62. The predicted octanol–water partition coefficient (Wildman–Crippen LogP) is 0.392. The van der Waals surface area contributed by atoms with Gasteiger partial charge in [0, 0.05) is 38.6 Å². The predicted molar refractivity (Wildman–Crippen MR) is 62.3 cm³/mol. The van der Waals surface area contributed by atoms with E-state index in [0.29, 0.717) is 12.2 Å². The fourth-order valence-corrected chi connectivity index (χ4v) is 1.62. The Bertz CT molecular complexity index is 540. The van der Waals surface area contributed by atoms with E-state index < -0.39 is 0 Å². The van der Waals surface area contributed by atoms with E-state index in [-0.39, 0.29) is 5.91 Å². The van der Waals surface area contributed by atoms with Crippen LogP contribution in [0, 0.1) is 6.92 Å². The van der Waals surface area contributed by atoms with E-state index in [2.05, 4.69) is 15.5 Å². The van der Waals surface area contributed by atoms with Gasteiger partial charge in [-0.3, -0.25) is 14.2 Å². The van der Waals surface area contributed by atoms with Crippen molar-refractivity contribution in [3.8, 4) is 0 Å². The number of nitrogens with one attached hydrogen (secondary N) is 1. The summed E-state index contributed by atoms with van der Waals surface area (Å²) in [7, 11) is 3.64. The normalized spacial score (nSPS) is 10.5. The number of amides is 1. The van der Waals surface area contributed by atoms with Gasteiger partial charge in [0.2, 0.25) is 0 Å². The molecule has 1 N–H and O–H groups in total. The van der Waals surface area contributed by atoms with Gasteiger partial charge in [0.1, 0.15) is 5.69 Å². The largest absolute Gasteiger partial charge is 0.346 e. The van der Waals surface area contributed by atoms with Gasteiger partial charge in [-0.05, 0) is 13.0 Å². The summed E-state index contributed by atoms with van der Waals surface area (Å²) in [6.45, 7) is 2.39. The van der Waals surface area contributed by atoms with E-state index in [9.17, 15) is 4.79 Å². The first-order valence-corrected chi connectivity index (χ1v) is 5.33. The lowest BCUT2D eigenvalue weighted by atomic mass is 10.2. The molecule has 2 rings (SSSR count). The highest BCUT2D eigenvalue weighted by atomic mass is 16.1. The lowest BCUT2D eigenvalue weighted by molar-refractivity contribution is 0.0945. The van der Waals surface area contributed by atoms with E-state index in [4.69, 9.17) is 0 Å². The maximum absolute atomic E-state index is 11.7. The molecule has 0 aliphatic rings. The lowest BCUT2D eigenvalue weighted by Gasteiger charge is -2.01. The van der Waals surface area contributed by atoms with Crippen molar-refractivity contribution in [3.63, 3.8) is 0 Å². The van der Waals surface area contributed by atoms with E-state index in [1.807, 2.05) is 20.2 Å². The number of carbonyl (C=O) groups excluding carboxylic acids is 1. The van der Waals surface area contributed by atoms with Crippen LogP contribution in [0.1, 0.15) is 21.7 Å². The van der Waals surface area contributed by atoms with Gasteiger partial charge >= 0.3 is 0 Å². The van der Waals surface area contributed by atoms with Crippen LogP contribution < -0.4 is 5.32 Å². The van der Waals surface area contributed by atoms with Gasteiger partial charge in [-0.1, -0.05) is 0 Å². The minimum absolute atomic E-state index is 0.172. The van der Waals surface area contributed by atoms with E-state index in [1.165, 1.54) is 0 Å². The van der Waals surface area contributed by atoms with Crippen LogP contribution in [-0.4, -0.2) is 25.5 Å². The van der Waals surface area contributed by atoms with Crippen molar-refractivity contribution in [2.75, 3.05) is 0 Å². The smallest absolute Gasteiger partial charge is 0.272 e. The molecule has 2 aromatic rings. The summed E-state index contributed by atoms with van der Waals surface area (Å²) in [5, 5.41) is 11.1. The monoisotopic (exact) mass is 233 g/mol. The van der Waals surface area contributed by atoms with Crippen molar-refractivity contribution in [1.29, 1.82) is 0 Å². The van der Waals surface area contributed by atoms with Crippen LogP contribution in [0.25, 0.3) is 0 Å². The van der Waals surface area contributed by atoms with Crippen molar-refractivity contribution in [1.82, 2.24) is 24.9 Å². The Morgan fingerprint density at radius 1 is 1.35 bits per heavy atom. The van der Waals surface area contributed by atoms with Gasteiger partial charge in [-0.25, -0.2) is 0 Å². The second-order valence-corrected chi connectivity index (χ2v) is 3.97. The molecule has 6 nitrogen and oxygen atoms in total. The molecule has 0 aliphatic carbocycles. The van der Waals surface area contributed by atoms with Gasteiger partial charge in [0.25, 0.3) is 5.91 Å². The summed E-state index contributed by atoms with van der Waals surface area (Å²) in [5.74, 6) is -0.172. The number of hydrogen-bond donors (Lipinski definition) is 1. The van der Waals surface area contributed by atoms with Crippen LogP contribution in [0.2, 0.25) is 0 Å². The van der Waals surface area contributed by atoms with Gasteiger partial charge < -0.3 is 5.32 Å². The second kappa shape index (κ2) is 4.40. The molecule has 0 spiro atoms. The van der Waals surface area contributed by atoms with Gasteiger partial charge in [-0.15, -0.1) is 0 Å².